The zero-order valence-corrected chi connectivity index (χ0v) is 9.55. The molecule has 1 aliphatic carbocycles. The molecule has 0 aromatic heterocycles. The third-order valence-electron chi connectivity index (χ3n) is 2.36. The molecule has 0 saturated heterocycles. The summed E-state index contributed by atoms with van der Waals surface area (Å²) in [7, 11) is 0. The Balaban J connectivity index is 2.02. The third kappa shape index (κ3) is 3.01. The molecule has 3 heteroatoms. The van der Waals surface area contributed by atoms with Crippen molar-refractivity contribution in [3.05, 3.63) is 35.4 Å². The predicted molar refractivity (Wildman–Crippen MR) is 64.5 cm³/mol. The fourth-order valence-electron chi connectivity index (χ4n) is 1.34. The lowest BCUT2D eigenvalue weighted by Gasteiger charge is -2.02. The number of alkyl halides is 1. The summed E-state index contributed by atoms with van der Waals surface area (Å²) in [5.41, 5.74) is 1.56. The highest BCUT2D eigenvalue weighted by atomic mass is 35.5. The number of benzene rings is 1. The van der Waals surface area contributed by atoms with Gasteiger partial charge in [-0.25, -0.2) is 0 Å². The zero-order chi connectivity index (χ0) is 11.4. The lowest BCUT2D eigenvalue weighted by Crippen LogP contribution is -2.25. The van der Waals surface area contributed by atoms with E-state index < -0.39 is 0 Å². The Morgan fingerprint density at radius 1 is 1.38 bits per heavy atom. The summed E-state index contributed by atoms with van der Waals surface area (Å²) >= 11 is 5.46. The highest BCUT2D eigenvalue weighted by Gasteiger charge is 2.23. The summed E-state index contributed by atoms with van der Waals surface area (Å²) in [4.78, 5) is 11.7. The predicted octanol–water partition coefficient (Wildman–Crippen LogP) is 2.17. The molecule has 1 aromatic rings. The van der Waals surface area contributed by atoms with Crippen molar-refractivity contribution in [3.8, 4) is 11.8 Å². The first-order valence-electron chi connectivity index (χ1n) is 5.25. The van der Waals surface area contributed by atoms with Gasteiger partial charge in [-0.15, -0.1) is 11.6 Å². The van der Waals surface area contributed by atoms with E-state index in [0.717, 1.165) is 18.4 Å². The van der Waals surface area contributed by atoms with Crippen LogP contribution in [0, 0.1) is 11.8 Å². The topological polar surface area (TPSA) is 29.1 Å². The molecule has 1 saturated carbocycles. The van der Waals surface area contributed by atoms with Crippen molar-refractivity contribution in [1.29, 1.82) is 0 Å². The van der Waals surface area contributed by atoms with Crippen molar-refractivity contribution in [3.63, 3.8) is 0 Å². The SMILES string of the molecule is O=C(NC1CC1)c1ccc(C#CCCl)cc1. The molecule has 0 radical (unpaired) electrons. The average Bonchev–Trinajstić information content (AvgIpc) is 3.11. The first-order chi connectivity index (χ1) is 7.79. The van der Waals surface area contributed by atoms with Gasteiger partial charge in [0.25, 0.3) is 5.91 Å². The van der Waals surface area contributed by atoms with Crippen LogP contribution in [0.3, 0.4) is 0 Å². The Kier molecular flexibility index (Phi) is 3.48. The Labute approximate surface area is 100.0 Å². The maximum absolute atomic E-state index is 11.7. The van der Waals surface area contributed by atoms with Crippen molar-refractivity contribution < 1.29 is 4.79 Å². The number of halogens is 1. The van der Waals surface area contributed by atoms with Crippen molar-refractivity contribution in [2.45, 2.75) is 18.9 Å². The van der Waals surface area contributed by atoms with Crippen LogP contribution in [0.2, 0.25) is 0 Å². The fourth-order valence-corrected chi connectivity index (χ4v) is 1.40. The van der Waals surface area contributed by atoms with Crippen molar-refractivity contribution in [2.24, 2.45) is 0 Å². The van der Waals surface area contributed by atoms with Crippen LogP contribution >= 0.6 is 11.6 Å². The molecule has 1 aliphatic rings. The molecule has 0 atom stereocenters. The molecule has 0 bridgehead atoms. The minimum absolute atomic E-state index is 0.000599. The van der Waals surface area contributed by atoms with Crippen LogP contribution in [0.5, 0.6) is 0 Å². The highest BCUT2D eigenvalue weighted by Crippen LogP contribution is 2.19. The van der Waals surface area contributed by atoms with Crippen LogP contribution in [-0.2, 0) is 0 Å². The summed E-state index contributed by atoms with van der Waals surface area (Å²) in [5, 5.41) is 2.94. The van der Waals surface area contributed by atoms with E-state index in [4.69, 9.17) is 11.6 Å². The normalized spacial score (nSPS) is 13.8. The van der Waals surface area contributed by atoms with Gasteiger partial charge < -0.3 is 5.32 Å². The second-order valence-electron chi connectivity index (χ2n) is 3.76. The van der Waals surface area contributed by atoms with Crippen molar-refractivity contribution in [1.82, 2.24) is 5.32 Å². The molecule has 1 aromatic carbocycles. The standard InChI is InChI=1S/C13H12ClNO/c14-9-1-2-10-3-5-11(6-4-10)13(16)15-12-7-8-12/h3-6,12H,7-9H2,(H,15,16). The van der Waals surface area contributed by atoms with E-state index in [2.05, 4.69) is 17.2 Å². The summed E-state index contributed by atoms with van der Waals surface area (Å²) < 4.78 is 0. The lowest BCUT2D eigenvalue weighted by molar-refractivity contribution is 0.0951. The highest BCUT2D eigenvalue weighted by molar-refractivity contribution is 6.19. The second-order valence-corrected chi connectivity index (χ2v) is 4.03. The maximum atomic E-state index is 11.7. The fraction of sp³-hybridized carbons (Fsp3) is 0.308. The monoisotopic (exact) mass is 233 g/mol. The van der Waals surface area contributed by atoms with Crippen LogP contribution in [0.1, 0.15) is 28.8 Å². The van der Waals surface area contributed by atoms with Gasteiger partial charge in [0.15, 0.2) is 0 Å². The van der Waals surface area contributed by atoms with E-state index in [1.165, 1.54) is 0 Å². The number of carbonyl (C=O) groups is 1. The van der Waals surface area contributed by atoms with Gasteiger partial charge in [0.2, 0.25) is 0 Å². The van der Waals surface area contributed by atoms with Crippen LogP contribution in [0.15, 0.2) is 24.3 Å². The summed E-state index contributed by atoms with van der Waals surface area (Å²) in [6.45, 7) is 0. The first-order valence-corrected chi connectivity index (χ1v) is 5.79. The summed E-state index contributed by atoms with van der Waals surface area (Å²) in [5.74, 6) is 5.99. The zero-order valence-electron chi connectivity index (χ0n) is 8.79. The number of hydrogen-bond acceptors (Lipinski definition) is 1. The van der Waals surface area contributed by atoms with E-state index in [1.807, 2.05) is 12.1 Å². The molecule has 1 N–H and O–H groups in total. The maximum Gasteiger partial charge on any atom is 0.251 e. The van der Waals surface area contributed by atoms with E-state index >= 15 is 0 Å². The summed E-state index contributed by atoms with van der Waals surface area (Å²) in [6.07, 6.45) is 2.20. The number of rotatable bonds is 2. The molecule has 0 heterocycles. The lowest BCUT2D eigenvalue weighted by atomic mass is 10.1. The van der Waals surface area contributed by atoms with Crippen LogP contribution in [-0.4, -0.2) is 17.8 Å². The van der Waals surface area contributed by atoms with Crippen LogP contribution in [0.25, 0.3) is 0 Å². The molecule has 2 rings (SSSR count). The Hall–Kier alpha value is -1.46. The van der Waals surface area contributed by atoms with Crippen LogP contribution in [0.4, 0.5) is 0 Å². The van der Waals surface area contributed by atoms with Gasteiger partial charge in [-0.1, -0.05) is 11.8 Å². The van der Waals surface area contributed by atoms with Gasteiger partial charge in [-0.05, 0) is 37.1 Å². The van der Waals surface area contributed by atoms with Crippen molar-refractivity contribution in [2.75, 3.05) is 5.88 Å². The molecular weight excluding hydrogens is 222 g/mol. The average molecular weight is 234 g/mol. The van der Waals surface area contributed by atoms with Crippen LogP contribution < -0.4 is 5.32 Å². The molecule has 2 nitrogen and oxygen atoms in total. The van der Waals surface area contributed by atoms with Crippen molar-refractivity contribution >= 4 is 17.5 Å². The first kappa shape index (κ1) is 11.0. The van der Waals surface area contributed by atoms with Gasteiger partial charge in [0.1, 0.15) is 0 Å². The Bertz CT molecular complexity index is 437. The van der Waals surface area contributed by atoms with E-state index in [0.29, 0.717) is 17.5 Å². The number of amides is 1. The number of nitrogens with one attached hydrogen (secondary N) is 1. The molecule has 0 aliphatic heterocycles. The summed E-state index contributed by atoms with van der Waals surface area (Å²) in [6, 6.07) is 7.64. The molecular formula is C13H12ClNO. The third-order valence-corrected chi connectivity index (χ3v) is 2.49. The van der Waals surface area contributed by atoms with E-state index in [9.17, 15) is 4.79 Å². The molecule has 16 heavy (non-hydrogen) atoms. The molecule has 1 fully saturated rings. The van der Waals surface area contributed by atoms with Gasteiger partial charge >= 0.3 is 0 Å². The quantitative estimate of drug-likeness (QED) is 0.616. The second kappa shape index (κ2) is 5.05. The van der Waals surface area contributed by atoms with Gasteiger partial charge in [-0.3, -0.25) is 4.79 Å². The molecule has 82 valence electrons. The van der Waals surface area contributed by atoms with Gasteiger partial charge in [0, 0.05) is 17.2 Å². The molecule has 0 unspecified atom stereocenters. The minimum atomic E-state index is -0.000599. The Morgan fingerprint density at radius 3 is 2.62 bits per heavy atom. The molecule has 0 spiro atoms. The number of hydrogen-bond donors (Lipinski definition) is 1. The van der Waals surface area contributed by atoms with Gasteiger partial charge in [-0.2, -0.15) is 0 Å². The Morgan fingerprint density at radius 2 is 2.06 bits per heavy atom. The van der Waals surface area contributed by atoms with Gasteiger partial charge in [0.05, 0.1) is 5.88 Å². The number of carbonyl (C=O) groups excluding carboxylic acids is 1. The van der Waals surface area contributed by atoms with E-state index in [-0.39, 0.29) is 5.91 Å². The minimum Gasteiger partial charge on any atom is -0.349 e. The molecule has 1 amide bonds. The largest absolute Gasteiger partial charge is 0.349 e. The smallest absolute Gasteiger partial charge is 0.251 e. The van der Waals surface area contributed by atoms with E-state index in [1.54, 1.807) is 12.1 Å².